The molecule has 0 atom stereocenters. The molecule has 100 valence electrons. The summed E-state index contributed by atoms with van der Waals surface area (Å²) in [5, 5.41) is 0. The van der Waals surface area contributed by atoms with E-state index in [1.54, 1.807) is 18.2 Å². The maximum Gasteiger partial charge on any atom is 0.344 e. The summed E-state index contributed by atoms with van der Waals surface area (Å²) in [5.74, 6) is 0. The van der Waals surface area contributed by atoms with Gasteiger partial charge < -0.3 is 4.98 Å². The molecular weight excluding hydrogens is 266 g/mol. The Hall–Kier alpha value is -1.99. The topological polar surface area (TPSA) is 83.1 Å². The van der Waals surface area contributed by atoms with E-state index < -0.39 is 15.7 Å². The Morgan fingerprint density at radius 3 is 2.53 bits per heavy atom. The molecule has 0 bridgehead atoms. The first-order valence-electron chi connectivity index (χ1n) is 5.49. The van der Waals surface area contributed by atoms with Crippen LogP contribution in [0.2, 0.25) is 0 Å². The molecule has 1 heterocycles. The number of aromatic nitrogens is 2. The van der Waals surface area contributed by atoms with Gasteiger partial charge in [0.25, 0.3) is 0 Å². The van der Waals surface area contributed by atoms with Gasteiger partial charge in [-0.1, -0.05) is 12.1 Å². The van der Waals surface area contributed by atoms with Gasteiger partial charge in [-0.25, -0.2) is 22.5 Å². The first-order chi connectivity index (χ1) is 8.91. The Morgan fingerprint density at radius 1 is 1.21 bits per heavy atom. The van der Waals surface area contributed by atoms with Crippen molar-refractivity contribution in [1.29, 1.82) is 0 Å². The van der Waals surface area contributed by atoms with E-state index in [1.807, 2.05) is 0 Å². The second-order valence-electron chi connectivity index (χ2n) is 4.12. The normalized spacial score (nSPS) is 11.7. The second-order valence-corrected chi connectivity index (χ2v) is 6.27. The number of hydrogen-bond donors (Lipinski definition) is 1. The Balaban J connectivity index is 2.51. The molecule has 2 rings (SSSR count). The fraction of sp³-hybridized carbons (Fsp3) is 0.167. The van der Waals surface area contributed by atoms with Gasteiger partial charge in [0.05, 0.1) is 4.90 Å². The first kappa shape index (κ1) is 13.4. The molecule has 0 aliphatic rings. The average Bonchev–Trinajstić information content (AvgIpc) is 2.39. The zero-order chi connectivity index (χ0) is 14.0. The van der Waals surface area contributed by atoms with Crippen LogP contribution in [0.15, 0.2) is 46.3 Å². The molecule has 19 heavy (non-hydrogen) atoms. The average molecular weight is 279 g/mol. The minimum Gasteiger partial charge on any atom is -0.312 e. The Morgan fingerprint density at radius 2 is 1.95 bits per heavy atom. The van der Waals surface area contributed by atoms with Gasteiger partial charge in [0.1, 0.15) is 0 Å². The van der Waals surface area contributed by atoms with Crippen LogP contribution in [0, 0.1) is 0 Å². The third-order valence-corrected chi connectivity index (χ3v) is 4.43. The highest BCUT2D eigenvalue weighted by Crippen LogP contribution is 2.21. The van der Waals surface area contributed by atoms with Gasteiger partial charge in [0.2, 0.25) is 10.0 Å². The molecule has 0 saturated heterocycles. The molecule has 0 spiro atoms. The predicted octanol–water partition coefficient (Wildman–Crippen LogP) is 0.687. The van der Waals surface area contributed by atoms with Crippen LogP contribution in [0.5, 0.6) is 0 Å². The summed E-state index contributed by atoms with van der Waals surface area (Å²) >= 11 is 0. The summed E-state index contributed by atoms with van der Waals surface area (Å²) in [6.45, 7) is 0. The van der Waals surface area contributed by atoms with Crippen molar-refractivity contribution in [3.05, 3.63) is 47.1 Å². The predicted molar refractivity (Wildman–Crippen MR) is 71.2 cm³/mol. The fourth-order valence-electron chi connectivity index (χ4n) is 1.55. The van der Waals surface area contributed by atoms with E-state index >= 15 is 0 Å². The number of aromatic amines is 1. The quantitative estimate of drug-likeness (QED) is 0.896. The number of H-pyrrole nitrogens is 1. The van der Waals surface area contributed by atoms with Gasteiger partial charge in [0.15, 0.2) is 0 Å². The highest BCUT2D eigenvalue weighted by atomic mass is 32.2. The molecule has 7 heteroatoms. The van der Waals surface area contributed by atoms with Crippen molar-refractivity contribution in [3.63, 3.8) is 0 Å². The van der Waals surface area contributed by atoms with Crippen LogP contribution in [0.4, 0.5) is 0 Å². The van der Waals surface area contributed by atoms with E-state index in [-0.39, 0.29) is 4.90 Å². The van der Waals surface area contributed by atoms with Crippen LogP contribution >= 0.6 is 0 Å². The van der Waals surface area contributed by atoms with E-state index in [9.17, 15) is 13.2 Å². The fourth-order valence-corrected chi connectivity index (χ4v) is 2.50. The van der Waals surface area contributed by atoms with Gasteiger partial charge in [-0.05, 0) is 17.7 Å². The molecule has 1 N–H and O–H groups in total. The molecule has 6 nitrogen and oxygen atoms in total. The Labute approximate surface area is 110 Å². The summed E-state index contributed by atoms with van der Waals surface area (Å²) in [5.41, 5.74) is 0.878. The van der Waals surface area contributed by atoms with Crippen molar-refractivity contribution in [3.8, 4) is 11.1 Å². The molecule has 1 aromatic heterocycles. The summed E-state index contributed by atoms with van der Waals surface area (Å²) in [7, 11) is -0.523. The first-order valence-corrected chi connectivity index (χ1v) is 6.93. The number of hydrogen-bond acceptors (Lipinski definition) is 4. The molecule has 0 aliphatic heterocycles. The van der Waals surface area contributed by atoms with E-state index in [0.717, 1.165) is 4.31 Å². The van der Waals surface area contributed by atoms with Crippen LogP contribution in [0.25, 0.3) is 11.1 Å². The van der Waals surface area contributed by atoms with Crippen molar-refractivity contribution in [2.24, 2.45) is 0 Å². The Kier molecular flexibility index (Phi) is 3.50. The monoisotopic (exact) mass is 279 g/mol. The second kappa shape index (κ2) is 4.94. The lowest BCUT2D eigenvalue weighted by atomic mass is 10.1. The van der Waals surface area contributed by atoms with Crippen molar-refractivity contribution < 1.29 is 8.42 Å². The molecule has 0 amide bonds. The van der Waals surface area contributed by atoms with Gasteiger partial charge in [0, 0.05) is 32.1 Å². The lowest BCUT2D eigenvalue weighted by Crippen LogP contribution is -2.22. The molecule has 0 aliphatic carbocycles. The maximum atomic E-state index is 12.0. The van der Waals surface area contributed by atoms with Gasteiger partial charge in [-0.15, -0.1) is 0 Å². The smallest absolute Gasteiger partial charge is 0.312 e. The third-order valence-electron chi connectivity index (χ3n) is 2.62. The van der Waals surface area contributed by atoms with Gasteiger partial charge in [-0.3, -0.25) is 0 Å². The zero-order valence-corrected chi connectivity index (χ0v) is 11.3. The summed E-state index contributed by atoms with van der Waals surface area (Å²) in [6, 6.07) is 6.48. The van der Waals surface area contributed by atoms with Crippen molar-refractivity contribution >= 4 is 10.0 Å². The van der Waals surface area contributed by atoms with Gasteiger partial charge in [-0.2, -0.15) is 0 Å². The Bertz CT molecular complexity index is 730. The van der Waals surface area contributed by atoms with E-state index in [1.165, 1.54) is 32.6 Å². The minimum atomic E-state index is -3.47. The van der Waals surface area contributed by atoms with Crippen molar-refractivity contribution in [1.82, 2.24) is 14.3 Å². The summed E-state index contributed by atoms with van der Waals surface area (Å²) < 4.78 is 25.2. The summed E-state index contributed by atoms with van der Waals surface area (Å²) in [6.07, 6.45) is 2.90. The number of nitrogens with one attached hydrogen (secondary N) is 1. The van der Waals surface area contributed by atoms with Crippen LogP contribution < -0.4 is 5.69 Å². The zero-order valence-electron chi connectivity index (χ0n) is 10.5. The molecule has 0 radical (unpaired) electrons. The maximum absolute atomic E-state index is 12.0. The standard InChI is InChI=1S/C12H13N3O3S/c1-15(2)19(17,18)11-5-3-4-9(6-11)10-7-13-12(16)14-8-10/h3-8H,1-2H3,(H,13,14,16). The largest absolute Gasteiger partial charge is 0.344 e. The van der Waals surface area contributed by atoms with Crippen molar-refractivity contribution in [2.75, 3.05) is 14.1 Å². The number of benzene rings is 1. The molecule has 0 saturated carbocycles. The SMILES string of the molecule is CN(C)S(=O)(=O)c1cccc(-c2cnc(=O)[nH]c2)c1. The van der Waals surface area contributed by atoms with E-state index in [0.29, 0.717) is 11.1 Å². The lowest BCUT2D eigenvalue weighted by molar-refractivity contribution is 0.521. The lowest BCUT2D eigenvalue weighted by Gasteiger charge is -2.12. The molecule has 2 aromatic rings. The van der Waals surface area contributed by atoms with Crippen molar-refractivity contribution in [2.45, 2.75) is 4.90 Å². The van der Waals surface area contributed by atoms with Crippen LogP contribution in [0.1, 0.15) is 0 Å². The van der Waals surface area contributed by atoms with E-state index in [4.69, 9.17) is 0 Å². The van der Waals surface area contributed by atoms with E-state index in [2.05, 4.69) is 9.97 Å². The number of sulfonamides is 1. The van der Waals surface area contributed by atoms with Crippen LogP contribution in [-0.2, 0) is 10.0 Å². The van der Waals surface area contributed by atoms with Crippen LogP contribution in [0.3, 0.4) is 0 Å². The molecular formula is C12H13N3O3S. The van der Waals surface area contributed by atoms with Crippen LogP contribution in [-0.4, -0.2) is 36.8 Å². The minimum absolute atomic E-state index is 0.196. The molecule has 0 fully saturated rings. The molecule has 1 aromatic carbocycles. The summed E-state index contributed by atoms with van der Waals surface area (Å²) in [4.78, 5) is 17.2. The highest BCUT2D eigenvalue weighted by Gasteiger charge is 2.17. The number of rotatable bonds is 3. The molecule has 0 unspecified atom stereocenters. The van der Waals surface area contributed by atoms with Gasteiger partial charge >= 0.3 is 5.69 Å². The number of nitrogens with zero attached hydrogens (tertiary/aromatic N) is 2. The third kappa shape index (κ3) is 2.72. The highest BCUT2D eigenvalue weighted by molar-refractivity contribution is 7.89.